The second kappa shape index (κ2) is 6.93. The van der Waals surface area contributed by atoms with Crippen LogP contribution in [0.5, 0.6) is 0 Å². The van der Waals surface area contributed by atoms with Gasteiger partial charge in [-0.05, 0) is 25.5 Å². The van der Waals surface area contributed by atoms with Crippen LogP contribution in [0.4, 0.5) is 5.95 Å². The third-order valence-corrected chi connectivity index (χ3v) is 3.04. The van der Waals surface area contributed by atoms with E-state index < -0.39 is 0 Å². The van der Waals surface area contributed by atoms with Crippen LogP contribution in [-0.2, 0) is 16.1 Å². The van der Waals surface area contributed by atoms with Crippen LogP contribution in [0.1, 0.15) is 26.7 Å². The number of ether oxygens (including phenoxy) is 1. The largest absolute Gasteiger partial charge is 0.464 e. The average molecular weight is 275 g/mol. The van der Waals surface area contributed by atoms with Gasteiger partial charge in [-0.25, -0.2) is 4.98 Å². The first kappa shape index (κ1) is 14.4. The Bertz CT molecular complexity index is 578. The normalized spacial score (nSPS) is 10.7. The summed E-state index contributed by atoms with van der Waals surface area (Å²) in [7, 11) is 0. The number of nitrogens with one attached hydrogen (secondary N) is 1. The van der Waals surface area contributed by atoms with Crippen molar-refractivity contribution in [3.63, 3.8) is 0 Å². The number of imidazole rings is 1. The predicted octanol–water partition coefficient (Wildman–Crippen LogP) is 2.81. The van der Waals surface area contributed by atoms with Crippen LogP contribution >= 0.6 is 0 Å². The number of aromatic nitrogens is 2. The van der Waals surface area contributed by atoms with Crippen molar-refractivity contribution in [1.29, 1.82) is 0 Å². The van der Waals surface area contributed by atoms with Gasteiger partial charge in [-0.3, -0.25) is 9.36 Å². The first-order valence-electron chi connectivity index (χ1n) is 7.11. The number of fused-ring (bicyclic) bond motifs is 1. The van der Waals surface area contributed by atoms with Gasteiger partial charge in [0.1, 0.15) is 6.54 Å². The SMILES string of the molecule is CCCCOC(=O)Cn1c(NCC)nc2ccccc21. The molecule has 5 nitrogen and oxygen atoms in total. The lowest BCUT2D eigenvalue weighted by molar-refractivity contribution is -0.144. The second-order valence-electron chi connectivity index (χ2n) is 4.61. The quantitative estimate of drug-likeness (QED) is 0.623. The molecule has 1 aromatic carbocycles. The monoisotopic (exact) mass is 275 g/mol. The zero-order valence-corrected chi connectivity index (χ0v) is 12.1. The molecule has 1 N–H and O–H groups in total. The Morgan fingerprint density at radius 3 is 2.90 bits per heavy atom. The molecule has 0 aliphatic heterocycles. The maximum atomic E-state index is 11.9. The van der Waals surface area contributed by atoms with Gasteiger partial charge in [0.25, 0.3) is 0 Å². The summed E-state index contributed by atoms with van der Waals surface area (Å²) >= 11 is 0. The van der Waals surface area contributed by atoms with Crippen LogP contribution in [-0.4, -0.2) is 28.7 Å². The topological polar surface area (TPSA) is 56.1 Å². The Morgan fingerprint density at radius 2 is 2.15 bits per heavy atom. The maximum Gasteiger partial charge on any atom is 0.326 e. The van der Waals surface area contributed by atoms with Crippen LogP contribution in [0, 0.1) is 0 Å². The molecule has 0 saturated heterocycles. The Hall–Kier alpha value is -2.04. The molecule has 2 aromatic rings. The van der Waals surface area contributed by atoms with Crippen molar-refractivity contribution < 1.29 is 9.53 Å². The van der Waals surface area contributed by atoms with Gasteiger partial charge in [0.05, 0.1) is 17.6 Å². The third kappa shape index (κ3) is 3.29. The van der Waals surface area contributed by atoms with Crippen LogP contribution in [0.15, 0.2) is 24.3 Å². The van der Waals surface area contributed by atoms with Gasteiger partial charge in [-0.15, -0.1) is 0 Å². The molecule has 0 spiro atoms. The van der Waals surface area contributed by atoms with E-state index in [0.717, 1.165) is 30.4 Å². The van der Waals surface area contributed by atoms with E-state index in [1.54, 1.807) is 0 Å². The number of unbranched alkanes of at least 4 members (excludes halogenated alkanes) is 1. The van der Waals surface area contributed by atoms with Gasteiger partial charge in [0.2, 0.25) is 5.95 Å². The van der Waals surface area contributed by atoms with E-state index in [-0.39, 0.29) is 12.5 Å². The van der Waals surface area contributed by atoms with Gasteiger partial charge >= 0.3 is 5.97 Å². The van der Waals surface area contributed by atoms with Crippen LogP contribution in [0.3, 0.4) is 0 Å². The van der Waals surface area contributed by atoms with Crippen LogP contribution < -0.4 is 5.32 Å². The molecule has 2 rings (SSSR count). The summed E-state index contributed by atoms with van der Waals surface area (Å²) in [5.41, 5.74) is 1.82. The number of benzene rings is 1. The molecule has 0 amide bonds. The summed E-state index contributed by atoms with van der Waals surface area (Å²) in [6, 6.07) is 7.78. The summed E-state index contributed by atoms with van der Waals surface area (Å²) in [6.07, 6.45) is 1.92. The number of rotatable bonds is 7. The highest BCUT2D eigenvalue weighted by molar-refractivity contribution is 5.81. The van der Waals surface area contributed by atoms with E-state index in [2.05, 4.69) is 17.2 Å². The molecule has 0 saturated carbocycles. The fraction of sp³-hybridized carbons (Fsp3) is 0.467. The number of carbonyl (C=O) groups excluding carboxylic acids is 1. The predicted molar refractivity (Wildman–Crippen MR) is 79.8 cm³/mol. The molecule has 1 heterocycles. The number of hydrogen-bond donors (Lipinski definition) is 1. The van der Waals surface area contributed by atoms with Crippen LogP contribution in [0.2, 0.25) is 0 Å². The fourth-order valence-corrected chi connectivity index (χ4v) is 2.03. The lowest BCUT2D eigenvalue weighted by Gasteiger charge is -2.09. The molecular weight excluding hydrogens is 254 g/mol. The number of nitrogens with zero attached hydrogens (tertiary/aromatic N) is 2. The van der Waals surface area contributed by atoms with E-state index in [4.69, 9.17) is 4.74 Å². The molecular formula is C15H21N3O2. The summed E-state index contributed by atoms with van der Waals surface area (Å²) in [4.78, 5) is 16.4. The highest BCUT2D eigenvalue weighted by Gasteiger charge is 2.13. The molecule has 20 heavy (non-hydrogen) atoms. The van der Waals surface area contributed by atoms with Gasteiger partial charge in [-0.2, -0.15) is 0 Å². The smallest absolute Gasteiger partial charge is 0.326 e. The first-order chi connectivity index (χ1) is 9.76. The van der Waals surface area contributed by atoms with E-state index >= 15 is 0 Å². The van der Waals surface area contributed by atoms with Crippen molar-refractivity contribution in [1.82, 2.24) is 9.55 Å². The Balaban J connectivity index is 2.18. The minimum Gasteiger partial charge on any atom is -0.464 e. The summed E-state index contributed by atoms with van der Waals surface area (Å²) in [5, 5.41) is 3.18. The van der Waals surface area contributed by atoms with E-state index in [9.17, 15) is 4.79 Å². The number of esters is 1. The van der Waals surface area contributed by atoms with Crippen LogP contribution in [0.25, 0.3) is 11.0 Å². The average Bonchev–Trinajstić information content (AvgIpc) is 2.78. The number of para-hydroxylation sites is 2. The zero-order valence-electron chi connectivity index (χ0n) is 12.1. The van der Waals surface area contributed by atoms with Crippen molar-refractivity contribution in [2.45, 2.75) is 33.2 Å². The van der Waals surface area contributed by atoms with Crippen molar-refractivity contribution >= 4 is 23.0 Å². The van der Waals surface area contributed by atoms with Gasteiger partial charge in [0.15, 0.2) is 0 Å². The summed E-state index contributed by atoms with van der Waals surface area (Å²) < 4.78 is 7.09. The maximum absolute atomic E-state index is 11.9. The minimum atomic E-state index is -0.222. The highest BCUT2D eigenvalue weighted by atomic mass is 16.5. The zero-order chi connectivity index (χ0) is 14.4. The lowest BCUT2D eigenvalue weighted by atomic mass is 10.3. The fourth-order valence-electron chi connectivity index (χ4n) is 2.03. The molecule has 0 fully saturated rings. The van der Waals surface area contributed by atoms with Gasteiger partial charge < -0.3 is 10.1 Å². The molecule has 0 aliphatic carbocycles. The standard InChI is InChI=1S/C15H21N3O2/c1-3-5-10-20-14(19)11-18-13-9-7-6-8-12(13)17-15(18)16-4-2/h6-9H,3-5,10-11H2,1-2H3,(H,16,17). The van der Waals surface area contributed by atoms with E-state index in [1.807, 2.05) is 35.8 Å². The molecule has 0 radical (unpaired) electrons. The number of hydrogen-bond acceptors (Lipinski definition) is 4. The first-order valence-corrected chi connectivity index (χ1v) is 7.11. The molecule has 1 aromatic heterocycles. The Morgan fingerprint density at radius 1 is 1.35 bits per heavy atom. The van der Waals surface area contributed by atoms with Crippen molar-refractivity contribution in [3.8, 4) is 0 Å². The van der Waals surface area contributed by atoms with E-state index in [1.165, 1.54) is 0 Å². The van der Waals surface area contributed by atoms with Gasteiger partial charge in [0, 0.05) is 6.54 Å². The molecule has 108 valence electrons. The summed E-state index contributed by atoms with van der Waals surface area (Å²) in [6.45, 7) is 5.50. The Labute approximate surface area is 118 Å². The summed E-state index contributed by atoms with van der Waals surface area (Å²) in [5.74, 6) is 0.488. The van der Waals surface area contributed by atoms with Crippen molar-refractivity contribution in [2.24, 2.45) is 0 Å². The minimum absolute atomic E-state index is 0.187. The van der Waals surface area contributed by atoms with Crippen molar-refractivity contribution in [2.75, 3.05) is 18.5 Å². The molecule has 0 aliphatic rings. The number of anilines is 1. The molecule has 5 heteroatoms. The molecule has 0 unspecified atom stereocenters. The van der Waals surface area contributed by atoms with Gasteiger partial charge in [-0.1, -0.05) is 25.5 Å². The molecule has 0 atom stereocenters. The third-order valence-electron chi connectivity index (χ3n) is 3.04. The molecule has 0 bridgehead atoms. The second-order valence-corrected chi connectivity index (χ2v) is 4.61. The van der Waals surface area contributed by atoms with E-state index in [0.29, 0.717) is 12.6 Å². The Kier molecular flexibility index (Phi) is 4.98. The number of carbonyl (C=O) groups is 1. The highest BCUT2D eigenvalue weighted by Crippen LogP contribution is 2.19. The van der Waals surface area contributed by atoms with Crippen molar-refractivity contribution in [3.05, 3.63) is 24.3 Å². The lowest BCUT2D eigenvalue weighted by Crippen LogP contribution is -2.16.